The van der Waals surface area contributed by atoms with Gasteiger partial charge in [0.15, 0.2) is 5.96 Å². The lowest BCUT2D eigenvalue weighted by Gasteiger charge is -2.24. The smallest absolute Gasteiger partial charge is 0.246 e. The first-order valence-corrected chi connectivity index (χ1v) is 7.97. The number of carbonyl (C=O) groups excluding carboxylic acids is 1. The fourth-order valence-corrected chi connectivity index (χ4v) is 2.38. The van der Waals surface area contributed by atoms with E-state index in [0.717, 1.165) is 26.0 Å². The molecule has 0 spiro atoms. The van der Waals surface area contributed by atoms with E-state index in [1.165, 1.54) is 0 Å². The van der Waals surface area contributed by atoms with Crippen LogP contribution in [0, 0.1) is 0 Å². The Labute approximate surface area is 136 Å². The predicted molar refractivity (Wildman–Crippen MR) is 90.4 cm³/mol. The average Bonchev–Trinajstić information content (AvgIpc) is 2.98. The fraction of sp³-hybridized carbons (Fsp3) is 0.562. The zero-order valence-corrected chi connectivity index (χ0v) is 13.8. The minimum absolute atomic E-state index is 0.0435. The summed E-state index contributed by atoms with van der Waals surface area (Å²) >= 11 is 0. The third-order valence-electron chi connectivity index (χ3n) is 3.60. The van der Waals surface area contributed by atoms with Crippen molar-refractivity contribution >= 4 is 17.6 Å². The Morgan fingerprint density at radius 2 is 2.35 bits per heavy atom. The minimum atomic E-state index is -0.182. The molecule has 7 nitrogen and oxygen atoms in total. The lowest BCUT2D eigenvalue weighted by atomic mass is 10.0. The van der Waals surface area contributed by atoms with Crippen LogP contribution in [0.3, 0.4) is 0 Å². The number of rotatable bonds is 6. The van der Waals surface area contributed by atoms with Crippen molar-refractivity contribution in [3.63, 3.8) is 0 Å². The second-order valence-electron chi connectivity index (χ2n) is 5.74. The summed E-state index contributed by atoms with van der Waals surface area (Å²) in [7, 11) is 0. The van der Waals surface area contributed by atoms with Crippen LogP contribution in [0.5, 0.6) is 0 Å². The molecule has 3 N–H and O–H groups in total. The van der Waals surface area contributed by atoms with Crippen LogP contribution in [-0.2, 0) is 9.53 Å². The Hall–Kier alpha value is -2.15. The van der Waals surface area contributed by atoms with Crippen molar-refractivity contribution in [1.82, 2.24) is 15.6 Å². The number of ether oxygens (including phenoxy) is 1. The second-order valence-corrected chi connectivity index (χ2v) is 5.74. The number of anilines is 1. The fourth-order valence-electron chi connectivity index (χ4n) is 2.38. The number of guanidine groups is 1. The number of nitrogens with zero attached hydrogens (tertiary/aromatic N) is 2. The molecule has 1 aliphatic rings. The molecular formula is C16H25N5O2. The van der Waals surface area contributed by atoms with Gasteiger partial charge in [0.25, 0.3) is 0 Å². The monoisotopic (exact) mass is 319 g/mol. The van der Waals surface area contributed by atoms with Crippen molar-refractivity contribution in [2.75, 3.05) is 31.6 Å². The average molecular weight is 319 g/mol. The van der Waals surface area contributed by atoms with Gasteiger partial charge in [-0.25, -0.2) is 4.99 Å². The van der Waals surface area contributed by atoms with Crippen LogP contribution < -0.4 is 16.0 Å². The third-order valence-corrected chi connectivity index (χ3v) is 3.60. The van der Waals surface area contributed by atoms with Crippen molar-refractivity contribution in [3.05, 3.63) is 24.5 Å². The Balaban J connectivity index is 1.83. The van der Waals surface area contributed by atoms with Gasteiger partial charge in [0.1, 0.15) is 6.54 Å². The highest BCUT2D eigenvalue weighted by Gasteiger charge is 2.29. The maximum atomic E-state index is 11.9. The number of amides is 1. The van der Waals surface area contributed by atoms with E-state index in [2.05, 4.69) is 32.9 Å². The van der Waals surface area contributed by atoms with Gasteiger partial charge in [-0.2, -0.15) is 0 Å². The number of nitrogens with one attached hydrogen (secondary N) is 3. The van der Waals surface area contributed by atoms with E-state index >= 15 is 0 Å². The Morgan fingerprint density at radius 3 is 3.00 bits per heavy atom. The summed E-state index contributed by atoms with van der Waals surface area (Å²) in [6, 6.07) is 3.56. The number of aromatic nitrogens is 1. The molecule has 0 radical (unpaired) electrons. The standard InChI is InChI=1S/C16H25N5O2/c1-3-18-15(20-12-16(2)7-5-9-23-16)19-11-14(22)21-13-6-4-8-17-10-13/h4,6,8,10H,3,5,7,9,11-12H2,1-2H3,(H,21,22)(H2,18,19,20). The normalized spacial score (nSPS) is 21.0. The highest BCUT2D eigenvalue weighted by atomic mass is 16.5. The number of pyridine rings is 1. The summed E-state index contributed by atoms with van der Waals surface area (Å²) < 4.78 is 5.74. The van der Waals surface area contributed by atoms with Crippen molar-refractivity contribution in [2.45, 2.75) is 32.3 Å². The van der Waals surface area contributed by atoms with Gasteiger partial charge in [-0.3, -0.25) is 9.78 Å². The molecule has 2 heterocycles. The van der Waals surface area contributed by atoms with Crippen molar-refractivity contribution < 1.29 is 9.53 Å². The Morgan fingerprint density at radius 1 is 1.48 bits per heavy atom. The van der Waals surface area contributed by atoms with Gasteiger partial charge in [-0.15, -0.1) is 0 Å². The molecule has 1 aliphatic heterocycles. The lowest BCUT2D eigenvalue weighted by molar-refractivity contribution is -0.114. The molecule has 0 saturated carbocycles. The lowest BCUT2D eigenvalue weighted by Crippen LogP contribution is -2.45. The van der Waals surface area contributed by atoms with Gasteiger partial charge in [0, 0.05) is 25.9 Å². The molecule has 23 heavy (non-hydrogen) atoms. The Bertz CT molecular complexity index is 527. The van der Waals surface area contributed by atoms with Crippen LogP contribution in [0.2, 0.25) is 0 Å². The summed E-state index contributed by atoms with van der Waals surface area (Å²) in [5.74, 6) is 0.434. The van der Waals surface area contributed by atoms with E-state index in [1.54, 1.807) is 24.5 Å². The predicted octanol–water partition coefficient (Wildman–Crippen LogP) is 1.14. The summed E-state index contributed by atoms with van der Waals surface area (Å²) in [6.45, 7) is 6.32. The van der Waals surface area contributed by atoms with Gasteiger partial charge in [-0.1, -0.05) is 0 Å². The summed E-state index contributed by atoms with van der Waals surface area (Å²) in [4.78, 5) is 20.2. The molecule has 1 aromatic rings. The minimum Gasteiger partial charge on any atom is -0.373 e. The van der Waals surface area contributed by atoms with E-state index in [4.69, 9.17) is 4.74 Å². The van der Waals surface area contributed by atoms with Gasteiger partial charge in [-0.05, 0) is 38.8 Å². The first kappa shape index (κ1) is 17.2. The van der Waals surface area contributed by atoms with Crippen molar-refractivity contribution in [3.8, 4) is 0 Å². The van der Waals surface area contributed by atoms with Crippen molar-refractivity contribution in [1.29, 1.82) is 0 Å². The van der Waals surface area contributed by atoms with Crippen molar-refractivity contribution in [2.24, 2.45) is 4.99 Å². The maximum absolute atomic E-state index is 11.9. The highest BCUT2D eigenvalue weighted by molar-refractivity contribution is 5.93. The molecule has 1 unspecified atom stereocenters. The second kappa shape index (κ2) is 8.47. The van der Waals surface area contributed by atoms with Gasteiger partial charge in [0.05, 0.1) is 17.5 Å². The van der Waals surface area contributed by atoms with Crippen LogP contribution in [0.15, 0.2) is 29.5 Å². The largest absolute Gasteiger partial charge is 0.373 e. The SMILES string of the molecule is CCNC(=NCC(=O)Nc1cccnc1)NCC1(C)CCCO1. The number of hydrogen-bond acceptors (Lipinski definition) is 4. The molecule has 126 valence electrons. The van der Waals surface area contributed by atoms with E-state index < -0.39 is 0 Å². The number of carbonyl (C=O) groups is 1. The van der Waals surface area contributed by atoms with Crippen LogP contribution in [0.4, 0.5) is 5.69 Å². The van der Waals surface area contributed by atoms with E-state index in [-0.39, 0.29) is 18.1 Å². The van der Waals surface area contributed by atoms with E-state index in [0.29, 0.717) is 18.2 Å². The zero-order valence-electron chi connectivity index (χ0n) is 13.8. The molecule has 1 aromatic heterocycles. The molecular weight excluding hydrogens is 294 g/mol. The number of hydrogen-bond donors (Lipinski definition) is 3. The molecule has 0 bridgehead atoms. The molecule has 0 aliphatic carbocycles. The van der Waals surface area contributed by atoms with Crippen LogP contribution in [0.1, 0.15) is 26.7 Å². The summed E-state index contributed by atoms with van der Waals surface area (Å²) in [5.41, 5.74) is 0.506. The first-order valence-electron chi connectivity index (χ1n) is 7.97. The quantitative estimate of drug-likeness (QED) is 0.541. The summed E-state index contributed by atoms with van der Waals surface area (Å²) in [6.07, 6.45) is 5.37. The summed E-state index contributed by atoms with van der Waals surface area (Å²) in [5, 5.41) is 9.13. The molecule has 1 fully saturated rings. The molecule has 1 atom stereocenters. The molecule has 1 amide bonds. The molecule has 2 rings (SSSR count). The van der Waals surface area contributed by atoms with Gasteiger partial charge in [0.2, 0.25) is 5.91 Å². The zero-order chi connectivity index (χ0) is 16.5. The number of aliphatic imine (C=N–C) groups is 1. The molecule has 0 aromatic carbocycles. The third kappa shape index (κ3) is 5.86. The topological polar surface area (TPSA) is 87.6 Å². The van der Waals surface area contributed by atoms with Gasteiger partial charge < -0.3 is 20.7 Å². The van der Waals surface area contributed by atoms with Crippen LogP contribution >= 0.6 is 0 Å². The van der Waals surface area contributed by atoms with Crippen LogP contribution in [-0.4, -0.2) is 48.7 Å². The Kier molecular flexibility index (Phi) is 6.34. The highest BCUT2D eigenvalue weighted by Crippen LogP contribution is 2.23. The molecule has 7 heteroatoms. The van der Waals surface area contributed by atoms with Crippen LogP contribution in [0.25, 0.3) is 0 Å². The maximum Gasteiger partial charge on any atom is 0.246 e. The van der Waals surface area contributed by atoms with Gasteiger partial charge >= 0.3 is 0 Å². The molecule has 1 saturated heterocycles. The first-order chi connectivity index (χ1) is 11.1. The van der Waals surface area contributed by atoms with E-state index in [1.807, 2.05) is 6.92 Å². The van der Waals surface area contributed by atoms with E-state index in [9.17, 15) is 4.79 Å².